The molecule has 2 aliphatic rings. The molecule has 3 heterocycles. The molecule has 0 aliphatic carbocycles. The monoisotopic (exact) mass is 1340 g/mol. The molecule has 13 atom stereocenters. The Morgan fingerprint density at radius 1 is 0.833 bits per heavy atom. The van der Waals surface area contributed by atoms with Crippen LogP contribution in [0.5, 0.6) is 0 Å². The summed E-state index contributed by atoms with van der Waals surface area (Å²) in [6.45, 7) is 5.77. The van der Waals surface area contributed by atoms with Crippen LogP contribution < -0.4 is 11.1 Å². The average molecular weight is 1340 g/mol. The third kappa shape index (κ3) is 23.5. The van der Waals surface area contributed by atoms with E-state index in [4.69, 9.17) is 61.9 Å². The van der Waals surface area contributed by atoms with Gasteiger partial charge in [-0.05, 0) is 110 Å². The fourth-order valence-electron chi connectivity index (χ4n) is 5.75. The number of benzene rings is 3. The van der Waals surface area contributed by atoms with E-state index in [0.29, 0.717) is 35.8 Å². The lowest BCUT2D eigenvalue weighted by Gasteiger charge is -2.38. The molecule has 0 saturated carbocycles. The predicted octanol–water partition coefficient (Wildman–Crippen LogP) is 14.0. The molecule has 34 heteroatoms. The van der Waals surface area contributed by atoms with Gasteiger partial charge in [-0.15, -0.1) is 94.6 Å². The summed E-state index contributed by atoms with van der Waals surface area (Å²) in [4.78, 5) is 27.4. The Labute approximate surface area is 461 Å². The molecule has 16 nitrogen and oxygen atoms in total. The second-order valence-electron chi connectivity index (χ2n) is 14.6. The molecule has 2 saturated heterocycles. The molecule has 3 aromatic carbocycles. The molecule has 6 rings (SSSR count). The van der Waals surface area contributed by atoms with Crippen molar-refractivity contribution in [2.45, 2.75) is 55.3 Å². The van der Waals surface area contributed by atoms with Crippen LogP contribution in [0.2, 0.25) is 0 Å². The summed E-state index contributed by atoms with van der Waals surface area (Å²) >= 11 is 11.4. The molecule has 11 unspecified atom stereocenters. The maximum Gasteiger partial charge on any atom is 0.337 e. The third-order valence-electron chi connectivity index (χ3n) is 9.86. The molecule has 0 amide bonds. The van der Waals surface area contributed by atoms with E-state index in [2.05, 4.69) is 86.5 Å². The molecule has 0 spiro atoms. The van der Waals surface area contributed by atoms with Crippen molar-refractivity contribution in [2.75, 3.05) is 72.2 Å². The van der Waals surface area contributed by atoms with Crippen molar-refractivity contribution in [2.24, 2.45) is 0 Å². The standard InChI is InChI=1S/C14H15ClN2O3.C12H16N2O3.C7H8O3S.C5H11ClO3.H17P15/c1-19-14(18)9-2-3-11-12(6-9)17(13(7-15)16-11)8-10-4-5-20-10;1-16-12(15)8-2-3-10(13)11(6-8)14-7-9-4-5-17-9;1-6-2-4-7(5-3-6)11(8,9)10;1-7-5(4-6,8-2)9-3;1-9-13(8)15(12(6)7)14(10(2)3)11(4)5/h2-3,6,10H,4-5,7-8H2,1H3;2-3,6,9,14H,4-5,7,13H2,1H3;2-5H,1H3,(H,8,9,10);4H2,1-3H3;9H,1-8H2/t10-;9-;;;/m00.../s1. The van der Waals surface area contributed by atoms with Gasteiger partial charge < -0.3 is 48.8 Å². The van der Waals surface area contributed by atoms with Gasteiger partial charge in [0.25, 0.3) is 16.1 Å². The summed E-state index contributed by atoms with van der Waals surface area (Å²) in [7, 11) is 28.7. The molecule has 406 valence electrons. The van der Waals surface area contributed by atoms with Crippen LogP contribution in [0.3, 0.4) is 0 Å². The summed E-state index contributed by atoms with van der Waals surface area (Å²) in [6.07, 6.45) is 2.55. The van der Waals surface area contributed by atoms with Crippen molar-refractivity contribution in [3.05, 3.63) is 83.2 Å². The first kappa shape index (κ1) is 70.5. The number of fused-ring (bicyclic) bond motifs is 1. The first-order valence-corrected chi connectivity index (χ1v) is 49.9. The summed E-state index contributed by atoms with van der Waals surface area (Å²) in [6, 6.07) is 16.3. The summed E-state index contributed by atoms with van der Waals surface area (Å²) < 4.78 is 66.2. The van der Waals surface area contributed by atoms with Gasteiger partial charge in [-0.3, -0.25) is 4.55 Å². The number of nitrogens with zero attached hydrogens (tertiary/aromatic N) is 2. The van der Waals surface area contributed by atoms with Crippen LogP contribution in [0, 0.1) is 6.92 Å². The number of methoxy groups -OCH3 is 5. The molecule has 0 bridgehead atoms. The van der Waals surface area contributed by atoms with Crippen LogP contribution in [-0.2, 0) is 55.7 Å². The highest BCUT2D eigenvalue weighted by molar-refractivity contribution is 9.28. The molecular formula is C38H67Cl2N4O12P15S. The fraction of sp³-hybridized carbons (Fsp3) is 0.447. The highest BCUT2D eigenvalue weighted by Gasteiger charge is 2.34. The number of hydrogen-bond donors (Lipinski definition) is 3. The lowest BCUT2D eigenvalue weighted by atomic mass is 10.1. The maximum absolute atomic E-state index is 11.6. The molecule has 4 aromatic rings. The number of ether oxygens (including phenoxy) is 7. The van der Waals surface area contributed by atoms with Gasteiger partial charge in [0.2, 0.25) is 0 Å². The number of halogens is 2. The van der Waals surface area contributed by atoms with Crippen molar-refractivity contribution < 1.29 is 55.7 Å². The number of nitrogen functional groups attached to an aromatic ring is 1. The van der Waals surface area contributed by atoms with Crippen LogP contribution in [0.1, 0.15) is 44.9 Å². The average Bonchev–Trinajstić information content (AvgIpc) is 3.69. The zero-order valence-electron chi connectivity index (χ0n) is 40.5. The minimum atomic E-state index is -4.02. The Kier molecular flexibility index (Phi) is 35.9. The number of hydrogen-bond acceptors (Lipinski definition) is 14. The van der Waals surface area contributed by atoms with E-state index in [9.17, 15) is 18.0 Å². The lowest BCUT2D eigenvalue weighted by molar-refractivity contribution is -0.337. The van der Waals surface area contributed by atoms with Crippen molar-refractivity contribution in [3.63, 3.8) is 0 Å². The second kappa shape index (κ2) is 36.7. The van der Waals surface area contributed by atoms with Crippen molar-refractivity contribution in [1.29, 1.82) is 0 Å². The SMILES string of the molecule is COC(=O)c1ccc(N)c(NC[C@@H]2CCO2)c1.COC(=O)c1ccc2nc(CCl)n(C[C@@H]3CCO3)c2c1.COC(CCl)(OC)OC.Cc1ccc(S(=O)(=O)O)cc1.PPP(P)P(P(P)P)P(P(P)P)P(P)P. The Bertz CT molecular complexity index is 2360. The Hall–Kier alpha value is 2.41. The summed E-state index contributed by atoms with van der Waals surface area (Å²) in [5.41, 5.74) is 10.8. The van der Waals surface area contributed by atoms with E-state index >= 15 is 0 Å². The van der Waals surface area contributed by atoms with Gasteiger partial charge in [-0.25, -0.2) is 14.6 Å². The molecule has 72 heavy (non-hydrogen) atoms. The number of nitrogens with one attached hydrogen (secondary N) is 1. The quantitative estimate of drug-likeness (QED) is 0.0199. The molecule has 0 radical (unpaired) electrons. The number of aromatic nitrogens is 2. The first-order valence-electron chi connectivity index (χ1n) is 20.8. The topological polar surface area (TPSA) is 209 Å². The predicted molar refractivity (Wildman–Crippen MR) is 343 cm³/mol. The highest BCUT2D eigenvalue weighted by Crippen LogP contribution is 3.22. The number of imidazole rings is 1. The molecule has 4 N–H and O–H groups in total. The van der Waals surface area contributed by atoms with Gasteiger partial charge >= 0.3 is 11.9 Å². The fourth-order valence-corrected chi connectivity index (χ4v) is 163. The number of alkyl halides is 2. The largest absolute Gasteiger partial charge is 0.465 e. The third-order valence-corrected chi connectivity index (χ3v) is 99.7. The van der Waals surface area contributed by atoms with E-state index in [1.165, 1.54) is 47.7 Å². The lowest BCUT2D eigenvalue weighted by Crippen LogP contribution is -2.37. The second-order valence-corrected chi connectivity index (χ2v) is 72.4. The van der Waals surface area contributed by atoms with E-state index in [1.54, 1.807) is 42.5 Å². The van der Waals surface area contributed by atoms with Gasteiger partial charge in [0, 0.05) is 41.1 Å². The summed E-state index contributed by atoms with van der Waals surface area (Å²) in [5, 5.41) is 3.18. The zero-order chi connectivity index (χ0) is 54.3. The van der Waals surface area contributed by atoms with Crippen LogP contribution in [0.4, 0.5) is 11.4 Å². The number of anilines is 2. The van der Waals surface area contributed by atoms with E-state index < -0.39 is 16.1 Å². The number of carbonyl (C=O) groups is 2. The Morgan fingerprint density at radius 3 is 1.72 bits per heavy atom. The van der Waals surface area contributed by atoms with Gasteiger partial charge in [0.1, 0.15) is 11.7 Å². The minimum absolute atomic E-state index is 0.0666. The van der Waals surface area contributed by atoms with Crippen LogP contribution in [0.15, 0.2) is 65.6 Å². The van der Waals surface area contributed by atoms with Crippen molar-refractivity contribution in [1.82, 2.24) is 9.55 Å². The zero-order valence-corrected chi connectivity index (χ0v) is 58.4. The number of nitrogens with two attached hydrogens (primary N) is 1. The molecule has 1 aromatic heterocycles. The number of rotatable bonds is 19. The van der Waals surface area contributed by atoms with Crippen molar-refractivity contribution >= 4 is 189 Å². The first-order chi connectivity index (χ1) is 34.0. The smallest absolute Gasteiger partial charge is 0.337 e. The van der Waals surface area contributed by atoms with Gasteiger partial charge in [0.05, 0.1) is 77.3 Å². The van der Waals surface area contributed by atoms with Crippen LogP contribution >= 0.6 is 145 Å². The van der Waals surface area contributed by atoms with E-state index in [0.717, 1.165) is 62.1 Å². The molecule has 2 fully saturated rings. The van der Waals surface area contributed by atoms with E-state index in [-0.39, 0.29) is 76.8 Å². The minimum Gasteiger partial charge on any atom is -0.465 e. The number of aryl methyl sites for hydroxylation is 1. The van der Waals surface area contributed by atoms with Crippen molar-refractivity contribution in [3.8, 4) is 0 Å². The normalized spacial score (nSPS) is 16.2. The Balaban J connectivity index is 0.000000317. The van der Waals surface area contributed by atoms with Crippen LogP contribution in [0.25, 0.3) is 11.0 Å². The number of esters is 2. The van der Waals surface area contributed by atoms with Crippen LogP contribution in [-0.4, -0.2) is 114 Å². The Morgan fingerprint density at radius 2 is 1.33 bits per heavy atom. The molecule has 2 aliphatic heterocycles. The highest BCUT2D eigenvalue weighted by atomic mass is 35.5. The van der Waals surface area contributed by atoms with Gasteiger partial charge in [0.15, 0.2) is 0 Å². The van der Waals surface area contributed by atoms with Gasteiger partial charge in [-0.2, -0.15) is 8.42 Å². The number of carbonyl (C=O) groups excluding carboxylic acids is 2. The molecular weight excluding hydrogens is 1270 g/mol. The van der Waals surface area contributed by atoms with Gasteiger partial charge in [-0.1, -0.05) is 25.7 Å². The maximum atomic E-state index is 11.6. The summed E-state index contributed by atoms with van der Waals surface area (Å²) in [5.74, 6) is -0.522. The van der Waals surface area contributed by atoms with E-state index in [1.807, 2.05) is 17.6 Å².